The van der Waals surface area contributed by atoms with Crippen molar-refractivity contribution >= 4 is 41.4 Å². The molecule has 1 aliphatic carbocycles. The third-order valence-corrected chi connectivity index (χ3v) is 10.6. The van der Waals surface area contributed by atoms with Crippen LogP contribution in [0.5, 0.6) is 23.0 Å². The molecule has 3 atom stereocenters. The van der Waals surface area contributed by atoms with Gasteiger partial charge in [-0.25, -0.2) is 0 Å². The molecule has 0 radical (unpaired) electrons. The standard InChI is InChI=1S/C42H48ClN3O10/c1-26-18-36(43)38(19-27(26)2)55-17-16-54-32-8-4-28(5-9-32)35-20-29-23-45(39(48)21-34(56-25-47)22-40(49)50)24-37(44-29)41(35)42(51)46(30-6-7-30)14-15-53-33-12-10-31(52-3)11-13-33/h4-5,8-13,18-19,25,29-30,34,37,44H,6-7,14-17,20-24H2,1-3H3,(H,49,50)/t29-,34+,37-/m1/s1. The van der Waals surface area contributed by atoms with Crippen molar-refractivity contribution in [3.63, 3.8) is 0 Å². The average Bonchev–Trinajstić information content (AvgIpc) is 4.02. The minimum Gasteiger partial charge on any atom is -0.497 e. The lowest BCUT2D eigenvalue weighted by Crippen LogP contribution is -2.62. The number of hydrogen-bond donors (Lipinski definition) is 2. The predicted octanol–water partition coefficient (Wildman–Crippen LogP) is 5.23. The third kappa shape index (κ3) is 10.3. The Bertz CT molecular complexity index is 1910. The Labute approximate surface area is 331 Å². The van der Waals surface area contributed by atoms with Gasteiger partial charge in [-0.3, -0.25) is 19.2 Å². The molecule has 2 fully saturated rings. The van der Waals surface area contributed by atoms with Crippen LogP contribution in [-0.4, -0.2) is 110 Å². The molecule has 3 aromatic rings. The Kier molecular flexibility index (Phi) is 13.4. The van der Waals surface area contributed by atoms with Crippen molar-refractivity contribution in [1.29, 1.82) is 0 Å². The van der Waals surface area contributed by atoms with Gasteiger partial charge in [0.15, 0.2) is 0 Å². The van der Waals surface area contributed by atoms with Gasteiger partial charge in [-0.2, -0.15) is 0 Å². The minimum absolute atomic E-state index is 0.0729. The van der Waals surface area contributed by atoms with Crippen molar-refractivity contribution in [3.05, 3.63) is 87.9 Å². The van der Waals surface area contributed by atoms with E-state index < -0.39 is 24.5 Å². The van der Waals surface area contributed by atoms with Gasteiger partial charge in [-0.15, -0.1) is 0 Å². The normalized spacial score (nSPS) is 18.1. The summed E-state index contributed by atoms with van der Waals surface area (Å²) < 4.78 is 28.1. The highest BCUT2D eigenvalue weighted by Gasteiger charge is 2.43. The maximum Gasteiger partial charge on any atom is 0.307 e. The van der Waals surface area contributed by atoms with Gasteiger partial charge in [-0.1, -0.05) is 23.7 Å². The number of carboxylic acid groups (broad SMARTS) is 1. The number of carboxylic acids is 1. The monoisotopic (exact) mass is 789 g/mol. The van der Waals surface area contributed by atoms with E-state index in [4.69, 9.17) is 35.3 Å². The van der Waals surface area contributed by atoms with Gasteiger partial charge in [0, 0.05) is 30.7 Å². The highest BCUT2D eigenvalue weighted by atomic mass is 35.5. The largest absolute Gasteiger partial charge is 0.497 e. The van der Waals surface area contributed by atoms with Crippen LogP contribution >= 0.6 is 11.6 Å². The van der Waals surface area contributed by atoms with Crippen LogP contribution in [0.25, 0.3) is 5.57 Å². The number of nitrogens with zero attached hydrogens (tertiary/aromatic N) is 2. The summed E-state index contributed by atoms with van der Waals surface area (Å²) >= 11 is 6.36. The molecule has 3 aliphatic rings. The van der Waals surface area contributed by atoms with Crippen molar-refractivity contribution in [3.8, 4) is 23.0 Å². The molecule has 2 amide bonds. The molecule has 0 unspecified atom stereocenters. The Morgan fingerprint density at radius 3 is 2.21 bits per heavy atom. The van der Waals surface area contributed by atoms with Crippen LogP contribution in [-0.2, 0) is 23.9 Å². The molecule has 1 saturated heterocycles. The van der Waals surface area contributed by atoms with E-state index in [2.05, 4.69) is 5.32 Å². The van der Waals surface area contributed by atoms with Crippen LogP contribution in [0.3, 0.4) is 0 Å². The molecule has 14 heteroatoms. The molecule has 6 rings (SSSR count). The molecular weight excluding hydrogens is 742 g/mol. The molecule has 2 N–H and O–H groups in total. The Hall–Kier alpha value is -5.27. The zero-order valence-electron chi connectivity index (χ0n) is 31.8. The third-order valence-electron chi connectivity index (χ3n) is 10.3. The SMILES string of the molecule is COc1ccc(OCCN(C(=O)C2=C(c3ccc(OCCOc4cc(C)c(C)cc4Cl)cc3)C[C@@H]3CN(C(=O)C[C@@H](CC(=O)O)OC=O)C[C@H]2N3)C2CC2)cc1. The summed E-state index contributed by atoms with van der Waals surface area (Å²) in [6, 6.07) is 18.1. The lowest BCUT2D eigenvalue weighted by molar-refractivity contribution is -0.147. The van der Waals surface area contributed by atoms with Gasteiger partial charge in [0.2, 0.25) is 5.91 Å². The maximum absolute atomic E-state index is 14.8. The predicted molar refractivity (Wildman–Crippen MR) is 208 cm³/mol. The van der Waals surface area contributed by atoms with Crippen LogP contribution in [0, 0.1) is 13.8 Å². The minimum atomic E-state index is -1.18. The highest BCUT2D eigenvalue weighted by Crippen LogP contribution is 2.37. The number of ether oxygens (including phenoxy) is 5. The fraction of sp³-hybridized carbons (Fsp3) is 0.429. The molecule has 2 bridgehead atoms. The van der Waals surface area contributed by atoms with Gasteiger partial charge in [0.1, 0.15) is 48.9 Å². The summed E-state index contributed by atoms with van der Waals surface area (Å²) in [5, 5.41) is 13.4. The number of carbonyl (C=O) groups is 4. The van der Waals surface area contributed by atoms with Crippen LogP contribution in [0.15, 0.2) is 66.2 Å². The number of amides is 2. The summed E-state index contributed by atoms with van der Waals surface area (Å²) in [7, 11) is 1.60. The van der Waals surface area contributed by atoms with E-state index in [1.54, 1.807) is 12.0 Å². The first-order valence-electron chi connectivity index (χ1n) is 18.8. The lowest BCUT2D eigenvalue weighted by atomic mass is 9.82. The zero-order chi connectivity index (χ0) is 39.8. The topological polar surface area (TPSA) is 153 Å². The summed E-state index contributed by atoms with van der Waals surface area (Å²) in [6.45, 7) is 5.95. The second-order valence-corrected chi connectivity index (χ2v) is 14.7. The number of halogens is 1. The van der Waals surface area contributed by atoms with Crippen molar-refractivity contribution in [2.24, 2.45) is 0 Å². The number of hydrogen-bond acceptors (Lipinski definition) is 10. The summed E-state index contributed by atoms with van der Waals surface area (Å²) in [5.41, 5.74) is 4.53. The van der Waals surface area contributed by atoms with E-state index in [0.29, 0.717) is 60.6 Å². The number of carbonyl (C=O) groups excluding carboxylic acids is 3. The van der Waals surface area contributed by atoms with Crippen LogP contribution in [0.1, 0.15) is 48.8 Å². The number of methoxy groups -OCH3 is 1. The second kappa shape index (κ2) is 18.6. The van der Waals surface area contributed by atoms with Gasteiger partial charge < -0.3 is 43.9 Å². The molecule has 1 saturated carbocycles. The van der Waals surface area contributed by atoms with Crippen LogP contribution < -0.4 is 24.3 Å². The van der Waals surface area contributed by atoms with Gasteiger partial charge in [-0.05, 0) is 104 Å². The van der Waals surface area contributed by atoms with Gasteiger partial charge >= 0.3 is 5.97 Å². The molecule has 56 heavy (non-hydrogen) atoms. The van der Waals surface area contributed by atoms with Crippen molar-refractivity contribution < 1.29 is 48.0 Å². The fourth-order valence-electron chi connectivity index (χ4n) is 7.19. The molecule has 2 aliphatic heterocycles. The number of piperazine rings is 1. The number of benzene rings is 3. The van der Waals surface area contributed by atoms with Crippen molar-refractivity contribution in [1.82, 2.24) is 15.1 Å². The van der Waals surface area contributed by atoms with E-state index in [1.165, 1.54) is 0 Å². The number of fused-ring (bicyclic) bond motifs is 2. The Balaban J connectivity index is 1.20. The van der Waals surface area contributed by atoms with Gasteiger partial charge in [0.05, 0.1) is 37.6 Å². The number of aliphatic carboxylic acids is 1. The quantitative estimate of drug-likeness (QED) is 0.121. The van der Waals surface area contributed by atoms with Gasteiger partial charge in [0.25, 0.3) is 12.4 Å². The van der Waals surface area contributed by atoms with E-state index in [9.17, 15) is 24.3 Å². The summed E-state index contributed by atoms with van der Waals surface area (Å²) in [4.78, 5) is 54.2. The van der Waals surface area contributed by atoms with Crippen LogP contribution in [0.2, 0.25) is 5.02 Å². The Morgan fingerprint density at radius 1 is 0.911 bits per heavy atom. The van der Waals surface area contributed by atoms with E-state index in [-0.39, 0.29) is 49.9 Å². The van der Waals surface area contributed by atoms with E-state index in [1.807, 2.05) is 79.4 Å². The molecular formula is C42H48ClN3O10. The lowest BCUT2D eigenvalue weighted by Gasteiger charge is -2.45. The number of aryl methyl sites for hydroxylation is 2. The number of nitrogens with one attached hydrogen (secondary N) is 1. The molecule has 0 aromatic heterocycles. The fourth-order valence-corrected chi connectivity index (χ4v) is 7.46. The molecule has 0 spiro atoms. The van der Waals surface area contributed by atoms with E-state index in [0.717, 1.165) is 40.9 Å². The molecule has 2 heterocycles. The summed E-state index contributed by atoms with van der Waals surface area (Å²) in [5.74, 6) is 0.993. The Morgan fingerprint density at radius 2 is 1.55 bits per heavy atom. The van der Waals surface area contributed by atoms with Crippen LogP contribution in [0.4, 0.5) is 0 Å². The first-order valence-corrected chi connectivity index (χ1v) is 19.2. The average molecular weight is 790 g/mol. The second-order valence-electron chi connectivity index (χ2n) is 14.3. The molecule has 3 aromatic carbocycles. The number of rotatable bonds is 19. The molecule has 13 nitrogen and oxygen atoms in total. The first kappa shape index (κ1) is 40.4. The first-order chi connectivity index (χ1) is 27.0. The maximum atomic E-state index is 14.8. The zero-order valence-corrected chi connectivity index (χ0v) is 32.6. The molecule has 298 valence electrons. The van der Waals surface area contributed by atoms with Crippen molar-refractivity contribution in [2.75, 3.05) is 46.6 Å². The highest BCUT2D eigenvalue weighted by molar-refractivity contribution is 6.32. The van der Waals surface area contributed by atoms with E-state index >= 15 is 0 Å². The smallest absolute Gasteiger partial charge is 0.307 e. The summed E-state index contributed by atoms with van der Waals surface area (Å²) in [6.07, 6.45) is 0.388. The van der Waals surface area contributed by atoms with Crippen molar-refractivity contribution in [2.45, 2.75) is 70.2 Å².